The maximum Gasteiger partial charge on any atom is 0.252 e. The van der Waals surface area contributed by atoms with Gasteiger partial charge in [-0.25, -0.2) is 8.42 Å². The predicted octanol–water partition coefficient (Wildman–Crippen LogP) is 2.06. The summed E-state index contributed by atoms with van der Waals surface area (Å²) in [6.07, 6.45) is 0. The average molecular weight is 325 g/mol. The van der Waals surface area contributed by atoms with Gasteiger partial charge in [0.15, 0.2) is 0 Å². The fraction of sp³-hybridized carbons (Fsp3) is 0.667. The molecule has 0 aromatic carbocycles. The Balaban J connectivity index is 0.00000180. The highest BCUT2D eigenvalue weighted by atomic mass is 35.5. The van der Waals surface area contributed by atoms with E-state index in [9.17, 15) is 8.42 Å². The van der Waals surface area contributed by atoms with Gasteiger partial charge < -0.3 is 5.32 Å². The van der Waals surface area contributed by atoms with Crippen LogP contribution in [0.15, 0.2) is 16.3 Å². The van der Waals surface area contributed by atoms with Crippen molar-refractivity contribution in [2.45, 2.75) is 30.4 Å². The quantitative estimate of drug-likeness (QED) is 0.906. The van der Waals surface area contributed by atoms with Crippen LogP contribution in [0.4, 0.5) is 0 Å². The molecule has 1 aliphatic rings. The predicted molar refractivity (Wildman–Crippen MR) is 81.9 cm³/mol. The summed E-state index contributed by atoms with van der Waals surface area (Å²) in [7, 11) is -3.29. The van der Waals surface area contributed by atoms with Gasteiger partial charge in [0.05, 0.1) is 0 Å². The van der Waals surface area contributed by atoms with Gasteiger partial charge in [-0.05, 0) is 17.5 Å². The number of nitrogens with one attached hydrogen (secondary N) is 1. The first-order valence-corrected chi connectivity index (χ1v) is 8.39. The fourth-order valence-electron chi connectivity index (χ4n) is 1.87. The van der Waals surface area contributed by atoms with E-state index in [1.54, 1.807) is 10.4 Å². The lowest BCUT2D eigenvalue weighted by Crippen LogP contribution is -2.46. The zero-order valence-electron chi connectivity index (χ0n) is 11.5. The molecule has 7 heteroatoms. The molecule has 110 valence electrons. The number of sulfonamides is 1. The van der Waals surface area contributed by atoms with E-state index in [1.807, 2.05) is 6.07 Å². The summed E-state index contributed by atoms with van der Waals surface area (Å²) in [5.41, 5.74) is 0.00188. The van der Waals surface area contributed by atoms with Gasteiger partial charge in [-0.1, -0.05) is 20.8 Å². The zero-order chi connectivity index (χ0) is 13.4. The Labute approximate surface area is 125 Å². The topological polar surface area (TPSA) is 49.4 Å². The van der Waals surface area contributed by atoms with Crippen molar-refractivity contribution in [3.63, 3.8) is 0 Å². The molecule has 0 atom stereocenters. The highest BCUT2D eigenvalue weighted by molar-refractivity contribution is 7.91. The molecule has 19 heavy (non-hydrogen) atoms. The third-order valence-corrected chi connectivity index (χ3v) is 6.87. The van der Waals surface area contributed by atoms with Crippen molar-refractivity contribution in [1.29, 1.82) is 0 Å². The zero-order valence-corrected chi connectivity index (χ0v) is 13.9. The third-order valence-electron chi connectivity index (χ3n) is 2.99. The molecule has 1 aromatic heterocycles. The van der Waals surface area contributed by atoms with Gasteiger partial charge in [0.25, 0.3) is 10.0 Å². The van der Waals surface area contributed by atoms with E-state index < -0.39 is 10.0 Å². The standard InChI is InChI=1S/C12H20N2O2S2.ClH/c1-12(2,3)10-4-5-11(17-10)18(15,16)14-8-6-13-7-9-14;/h4-5,13H,6-9H2,1-3H3;1H. The maximum absolute atomic E-state index is 12.4. The minimum Gasteiger partial charge on any atom is -0.314 e. The molecule has 0 amide bonds. The van der Waals surface area contributed by atoms with Crippen LogP contribution in [-0.2, 0) is 15.4 Å². The van der Waals surface area contributed by atoms with Gasteiger partial charge >= 0.3 is 0 Å². The van der Waals surface area contributed by atoms with E-state index >= 15 is 0 Å². The first-order valence-electron chi connectivity index (χ1n) is 6.13. The molecule has 0 saturated carbocycles. The summed E-state index contributed by atoms with van der Waals surface area (Å²) in [6.45, 7) is 8.88. The lowest BCUT2D eigenvalue weighted by Gasteiger charge is -2.26. The number of nitrogens with zero attached hydrogens (tertiary/aromatic N) is 1. The molecule has 0 aliphatic carbocycles. The molecule has 4 nitrogen and oxygen atoms in total. The molecule has 1 saturated heterocycles. The molecular formula is C12H21ClN2O2S2. The molecular weight excluding hydrogens is 304 g/mol. The van der Waals surface area contributed by atoms with E-state index in [1.165, 1.54) is 11.3 Å². The minimum absolute atomic E-state index is 0. The highest BCUT2D eigenvalue weighted by Crippen LogP contribution is 2.33. The molecule has 0 bridgehead atoms. The van der Waals surface area contributed by atoms with E-state index in [0.717, 1.165) is 18.0 Å². The van der Waals surface area contributed by atoms with E-state index in [-0.39, 0.29) is 17.8 Å². The Bertz CT molecular complexity index is 514. The molecule has 0 spiro atoms. The first kappa shape index (κ1) is 16.9. The normalized spacial score (nSPS) is 18.1. The van der Waals surface area contributed by atoms with E-state index in [4.69, 9.17) is 0 Å². The van der Waals surface area contributed by atoms with Crippen molar-refractivity contribution >= 4 is 33.8 Å². The van der Waals surface area contributed by atoms with Gasteiger partial charge in [0, 0.05) is 31.1 Å². The summed E-state index contributed by atoms with van der Waals surface area (Å²) in [5.74, 6) is 0. The molecule has 1 fully saturated rings. The van der Waals surface area contributed by atoms with Crippen LogP contribution in [0.5, 0.6) is 0 Å². The SMILES string of the molecule is CC(C)(C)c1ccc(S(=O)(=O)N2CCNCC2)s1.Cl. The number of thiophene rings is 1. The van der Waals surface area contributed by atoms with Gasteiger partial charge in [0.2, 0.25) is 0 Å². The lowest BCUT2D eigenvalue weighted by molar-refractivity contribution is 0.361. The Morgan fingerprint density at radius 2 is 1.79 bits per heavy atom. The van der Waals surface area contributed by atoms with Gasteiger partial charge in [0.1, 0.15) is 4.21 Å². The van der Waals surface area contributed by atoms with Crippen LogP contribution < -0.4 is 5.32 Å². The summed E-state index contributed by atoms with van der Waals surface area (Å²) >= 11 is 1.39. The molecule has 1 N–H and O–H groups in total. The largest absolute Gasteiger partial charge is 0.314 e. The van der Waals surface area contributed by atoms with Crippen molar-refractivity contribution in [1.82, 2.24) is 9.62 Å². The number of piperazine rings is 1. The van der Waals surface area contributed by atoms with Gasteiger partial charge in [-0.15, -0.1) is 23.7 Å². The smallest absolute Gasteiger partial charge is 0.252 e. The molecule has 0 radical (unpaired) electrons. The van der Waals surface area contributed by atoms with Crippen LogP contribution >= 0.6 is 23.7 Å². The van der Waals surface area contributed by atoms with Crippen molar-refractivity contribution in [2.75, 3.05) is 26.2 Å². The molecule has 2 heterocycles. The molecule has 0 unspecified atom stereocenters. The maximum atomic E-state index is 12.4. The monoisotopic (exact) mass is 324 g/mol. The second-order valence-electron chi connectivity index (χ2n) is 5.52. The van der Waals surface area contributed by atoms with E-state index in [0.29, 0.717) is 17.3 Å². The molecule has 1 aromatic rings. The van der Waals surface area contributed by atoms with Gasteiger partial charge in [-0.2, -0.15) is 4.31 Å². The van der Waals surface area contributed by atoms with Crippen LogP contribution in [0.2, 0.25) is 0 Å². The Kier molecular flexibility index (Phi) is 5.43. The number of halogens is 1. The number of rotatable bonds is 2. The van der Waals surface area contributed by atoms with Crippen molar-refractivity contribution in [2.24, 2.45) is 0 Å². The Morgan fingerprint density at radius 3 is 2.26 bits per heavy atom. The van der Waals surface area contributed by atoms with Crippen LogP contribution in [0.1, 0.15) is 25.6 Å². The fourth-order valence-corrected chi connectivity index (χ4v) is 4.83. The highest BCUT2D eigenvalue weighted by Gasteiger charge is 2.28. The van der Waals surface area contributed by atoms with Crippen LogP contribution in [-0.4, -0.2) is 38.9 Å². The molecule has 2 rings (SSSR count). The minimum atomic E-state index is -3.29. The summed E-state index contributed by atoms with van der Waals surface area (Å²) in [6, 6.07) is 3.67. The Morgan fingerprint density at radius 1 is 1.21 bits per heavy atom. The average Bonchev–Trinajstić information content (AvgIpc) is 2.79. The second kappa shape index (κ2) is 6.10. The van der Waals surface area contributed by atoms with Crippen molar-refractivity contribution < 1.29 is 8.42 Å². The second-order valence-corrected chi connectivity index (χ2v) is 8.77. The van der Waals surface area contributed by atoms with E-state index in [2.05, 4.69) is 26.1 Å². The number of hydrogen-bond acceptors (Lipinski definition) is 4. The van der Waals surface area contributed by atoms with Crippen LogP contribution in [0.25, 0.3) is 0 Å². The summed E-state index contributed by atoms with van der Waals surface area (Å²) < 4.78 is 26.9. The Hall–Kier alpha value is -0.140. The van der Waals surface area contributed by atoms with Crippen LogP contribution in [0, 0.1) is 0 Å². The summed E-state index contributed by atoms with van der Waals surface area (Å²) in [5, 5.41) is 3.17. The van der Waals surface area contributed by atoms with Crippen LogP contribution in [0.3, 0.4) is 0 Å². The molecule has 1 aliphatic heterocycles. The van der Waals surface area contributed by atoms with Crippen molar-refractivity contribution in [3.8, 4) is 0 Å². The van der Waals surface area contributed by atoms with Crippen molar-refractivity contribution in [3.05, 3.63) is 17.0 Å². The first-order chi connectivity index (χ1) is 8.32. The number of hydrogen-bond donors (Lipinski definition) is 1. The summed E-state index contributed by atoms with van der Waals surface area (Å²) in [4.78, 5) is 1.11. The third kappa shape index (κ3) is 3.70. The van der Waals surface area contributed by atoms with Gasteiger partial charge in [-0.3, -0.25) is 0 Å². The lowest BCUT2D eigenvalue weighted by atomic mass is 9.95.